The van der Waals surface area contributed by atoms with E-state index in [9.17, 15) is 4.79 Å². The zero-order valence-electron chi connectivity index (χ0n) is 11.5. The van der Waals surface area contributed by atoms with Crippen LogP contribution >= 0.6 is 0 Å². The van der Waals surface area contributed by atoms with Gasteiger partial charge in [0, 0.05) is 13.2 Å². The van der Waals surface area contributed by atoms with Gasteiger partial charge in [-0.1, -0.05) is 33.6 Å². The summed E-state index contributed by atoms with van der Waals surface area (Å²) in [6.07, 6.45) is 4.46. The van der Waals surface area contributed by atoms with Gasteiger partial charge in [-0.3, -0.25) is 4.79 Å². The fourth-order valence-corrected chi connectivity index (χ4v) is 1.66. The molecule has 4 heteroatoms. The molecule has 102 valence electrons. The Hall–Kier alpha value is -0.610. The highest BCUT2D eigenvalue weighted by Crippen LogP contribution is 2.20. The van der Waals surface area contributed by atoms with E-state index in [2.05, 4.69) is 26.1 Å². The third kappa shape index (κ3) is 8.16. The molecule has 0 aliphatic heterocycles. The molecule has 0 aromatic rings. The number of aliphatic hydroxyl groups excluding tert-OH is 1. The van der Waals surface area contributed by atoms with Crippen LogP contribution < -0.4 is 11.1 Å². The highest BCUT2D eigenvalue weighted by molar-refractivity contribution is 5.81. The quantitative estimate of drug-likeness (QED) is 0.574. The van der Waals surface area contributed by atoms with Gasteiger partial charge < -0.3 is 16.2 Å². The Bertz CT molecular complexity index is 217. The van der Waals surface area contributed by atoms with E-state index in [0.29, 0.717) is 6.54 Å². The van der Waals surface area contributed by atoms with Gasteiger partial charge in [-0.2, -0.15) is 0 Å². The van der Waals surface area contributed by atoms with Crippen molar-refractivity contribution in [3.8, 4) is 0 Å². The van der Waals surface area contributed by atoms with Crippen molar-refractivity contribution < 1.29 is 9.90 Å². The number of nitrogens with one attached hydrogen (secondary N) is 1. The minimum absolute atomic E-state index is 0.0167. The second kappa shape index (κ2) is 8.48. The molecule has 0 spiro atoms. The number of carbonyl (C=O) groups excluding carboxylic acids is 1. The molecule has 4 N–H and O–H groups in total. The van der Waals surface area contributed by atoms with Crippen LogP contribution in [0.5, 0.6) is 0 Å². The summed E-state index contributed by atoms with van der Waals surface area (Å²) < 4.78 is 0. The summed E-state index contributed by atoms with van der Waals surface area (Å²) in [4.78, 5) is 11.7. The SMILES string of the molecule is CCCCC(N)C(=O)NCC(C)(C)CCCO. The average molecular weight is 244 g/mol. The summed E-state index contributed by atoms with van der Waals surface area (Å²) in [5.41, 5.74) is 5.80. The maximum Gasteiger partial charge on any atom is 0.236 e. The molecule has 0 heterocycles. The van der Waals surface area contributed by atoms with Crippen LogP contribution in [0.3, 0.4) is 0 Å². The fraction of sp³-hybridized carbons (Fsp3) is 0.923. The molecule has 0 fully saturated rings. The van der Waals surface area contributed by atoms with Crippen LogP contribution in [-0.4, -0.2) is 30.2 Å². The van der Waals surface area contributed by atoms with Gasteiger partial charge >= 0.3 is 0 Å². The van der Waals surface area contributed by atoms with Crippen molar-refractivity contribution in [2.45, 2.75) is 58.9 Å². The smallest absolute Gasteiger partial charge is 0.236 e. The van der Waals surface area contributed by atoms with Crippen molar-refractivity contribution in [3.63, 3.8) is 0 Å². The van der Waals surface area contributed by atoms with Gasteiger partial charge in [0.25, 0.3) is 0 Å². The van der Waals surface area contributed by atoms with E-state index in [1.165, 1.54) is 0 Å². The molecule has 0 bridgehead atoms. The molecule has 0 saturated carbocycles. The lowest BCUT2D eigenvalue weighted by atomic mass is 9.88. The van der Waals surface area contributed by atoms with E-state index in [0.717, 1.165) is 32.1 Å². The van der Waals surface area contributed by atoms with E-state index < -0.39 is 0 Å². The minimum atomic E-state index is -0.386. The Balaban J connectivity index is 3.88. The van der Waals surface area contributed by atoms with Crippen LogP contribution in [0.1, 0.15) is 52.9 Å². The summed E-state index contributed by atoms with van der Waals surface area (Å²) in [5, 5.41) is 11.7. The number of hydrogen-bond acceptors (Lipinski definition) is 3. The molecule has 17 heavy (non-hydrogen) atoms. The number of nitrogens with two attached hydrogens (primary N) is 1. The molecule has 1 unspecified atom stereocenters. The van der Waals surface area contributed by atoms with Crippen LogP contribution in [0.4, 0.5) is 0 Å². The summed E-state index contributed by atoms with van der Waals surface area (Å²) in [7, 11) is 0. The number of unbranched alkanes of at least 4 members (excludes halogenated alkanes) is 1. The Morgan fingerprint density at radius 3 is 2.59 bits per heavy atom. The predicted octanol–water partition coefficient (Wildman–Crippen LogP) is 1.42. The Morgan fingerprint density at radius 2 is 2.06 bits per heavy atom. The second-order valence-electron chi connectivity index (χ2n) is 5.46. The first kappa shape index (κ1) is 16.4. The predicted molar refractivity (Wildman–Crippen MR) is 70.6 cm³/mol. The summed E-state index contributed by atoms with van der Waals surface area (Å²) in [6.45, 7) is 7.07. The van der Waals surface area contributed by atoms with Crippen LogP contribution in [0.25, 0.3) is 0 Å². The third-order valence-corrected chi connectivity index (χ3v) is 2.96. The molecule has 0 aliphatic carbocycles. The first-order valence-corrected chi connectivity index (χ1v) is 6.57. The number of amides is 1. The van der Waals surface area contributed by atoms with Crippen LogP contribution in [0.2, 0.25) is 0 Å². The molecular weight excluding hydrogens is 216 g/mol. The van der Waals surface area contributed by atoms with Crippen molar-refractivity contribution in [1.82, 2.24) is 5.32 Å². The van der Waals surface area contributed by atoms with Gasteiger partial charge in [0.1, 0.15) is 0 Å². The molecule has 1 amide bonds. The van der Waals surface area contributed by atoms with Gasteiger partial charge in [0.15, 0.2) is 0 Å². The first-order valence-electron chi connectivity index (χ1n) is 6.57. The largest absolute Gasteiger partial charge is 0.396 e. The Morgan fingerprint density at radius 1 is 1.41 bits per heavy atom. The Labute approximate surface area is 105 Å². The number of rotatable bonds is 9. The molecule has 0 aromatic heterocycles. The maximum absolute atomic E-state index is 11.7. The molecule has 0 aromatic carbocycles. The van der Waals surface area contributed by atoms with E-state index >= 15 is 0 Å². The van der Waals surface area contributed by atoms with Gasteiger partial charge in [-0.25, -0.2) is 0 Å². The lowest BCUT2D eigenvalue weighted by Crippen LogP contribution is -2.44. The van der Waals surface area contributed by atoms with Crippen molar-refractivity contribution in [1.29, 1.82) is 0 Å². The normalized spacial score (nSPS) is 13.5. The van der Waals surface area contributed by atoms with E-state index in [1.807, 2.05) is 0 Å². The maximum atomic E-state index is 11.7. The van der Waals surface area contributed by atoms with E-state index in [1.54, 1.807) is 0 Å². The first-order chi connectivity index (χ1) is 7.93. The molecule has 1 atom stereocenters. The fourth-order valence-electron chi connectivity index (χ4n) is 1.66. The highest BCUT2D eigenvalue weighted by atomic mass is 16.2. The molecule has 0 radical (unpaired) electrons. The highest BCUT2D eigenvalue weighted by Gasteiger charge is 2.20. The molecule has 0 saturated heterocycles. The summed E-state index contributed by atoms with van der Waals surface area (Å²) in [5.74, 6) is -0.0597. The topological polar surface area (TPSA) is 75.4 Å². The van der Waals surface area contributed by atoms with Crippen LogP contribution in [0, 0.1) is 5.41 Å². The summed E-state index contributed by atoms with van der Waals surface area (Å²) in [6, 6.07) is -0.386. The zero-order chi connectivity index (χ0) is 13.3. The molecule has 0 rings (SSSR count). The van der Waals surface area contributed by atoms with Gasteiger partial charge in [-0.15, -0.1) is 0 Å². The Kier molecular flexibility index (Phi) is 8.17. The molecule has 4 nitrogen and oxygen atoms in total. The minimum Gasteiger partial charge on any atom is -0.396 e. The van der Waals surface area contributed by atoms with Crippen molar-refractivity contribution in [2.24, 2.45) is 11.1 Å². The molecule has 0 aliphatic rings. The van der Waals surface area contributed by atoms with Crippen LogP contribution in [0.15, 0.2) is 0 Å². The monoisotopic (exact) mass is 244 g/mol. The van der Waals surface area contributed by atoms with Crippen molar-refractivity contribution in [2.75, 3.05) is 13.2 Å². The lowest BCUT2D eigenvalue weighted by Gasteiger charge is -2.25. The zero-order valence-corrected chi connectivity index (χ0v) is 11.5. The van der Waals surface area contributed by atoms with E-state index in [-0.39, 0.29) is 24.0 Å². The van der Waals surface area contributed by atoms with Crippen molar-refractivity contribution >= 4 is 5.91 Å². The average Bonchev–Trinajstić information content (AvgIpc) is 2.30. The number of carbonyl (C=O) groups is 1. The standard InChI is InChI=1S/C13H28N2O2/c1-4-5-7-11(14)12(17)15-10-13(2,3)8-6-9-16/h11,16H,4-10,14H2,1-3H3,(H,15,17). The van der Waals surface area contributed by atoms with Crippen molar-refractivity contribution in [3.05, 3.63) is 0 Å². The third-order valence-electron chi connectivity index (χ3n) is 2.96. The molecular formula is C13H28N2O2. The number of aliphatic hydroxyl groups is 1. The van der Waals surface area contributed by atoms with Crippen LogP contribution in [-0.2, 0) is 4.79 Å². The van der Waals surface area contributed by atoms with E-state index in [4.69, 9.17) is 10.8 Å². The van der Waals surface area contributed by atoms with Gasteiger partial charge in [0.05, 0.1) is 6.04 Å². The number of hydrogen-bond donors (Lipinski definition) is 3. The van der Waals surface area contributed by atoms with Gasteiger partial charge in [0.2, 0.25) is 5.91 Å². The summed E-state index contributed by atoms with van der Waals surface area (Å²) >= 11 is 0. The van der Waals surface area contributed by atoms with Gasteiger partial charge in [-0.05, 0) is 24.7 Å². The lowest BCUT2D eigenvalue weighted by molar-refractivity contribution is -0.123. The second-order valence-corrected chi connectivity index (χ2v) is 5.46.